The van der Waals surface area contributed by atoms with Crippen LogP contribution in [-0.4, -0.2) is 31.3 Å². The van der Waals surface area contributed by atoms with E-state index in [1.165, 1.54) is 12.1 Å². The van der Waals surface area contributed by atoms with E-state index in [4.69, 9.17) is 4.74 Å². The Morgan fingerprint density at radius 3 is 2.67 bits per heavy atom. The summed E-state index contributed by atoms with van der Waals surface area (Å²) in [6, 6.07) is 3.77. The SMILES string of the molecule is CCNC(=NCc1cc(F)cc(F)c1)NC1C2CCOC2C1(C)C. The van der Waals surface area contributed by atoms with Gasteiger partial charge < -0.3 is 15.4 Å². The zero-order chi connectivity index (χ0) is 17.3. The molecule has 3 rings (SSSR count). The topological polar surface area (TPSA) is 45.7 Å². The van der Waals surface area contributed by atoms with Crippen LogP contribution in [0.4, 0.5) is 8.78 Å². The third-order valence-corrected chi connectivity index (χ3v) is 5.08. The van der Waals surface area contributed by atoms with Gasteiger partial charge in [0, 0.05) is 36.6 Å². The molecule has 0 aromatic heterocycles. The Hall–Kier alpha value is -1.69. The second kappa shape index (κ2) is 6.67. The molecule has 1 aromatic carbocycles. The van der Waals surface area contributed by atoms with Crippen molar-refractivity contribution in [1.29, 1.82) is 0 Å². The third kappa shape index (κ3) is 3.24. The van der Waals surface area contributed by atoms with E-state index in [9.17, 15) is 8.78 Å². The molecule has 4 nitrogen and oxygen atoms in total. The van der Waals surface area contributed by atoms with Crippen molar-refractivity contribution in [3.63, 3.8) is 0 Å². The maximum Gasteiger partial charge on any atom is 0.191 e. The number of hydrogen-bond donors (Lipinski definition) is 2. The number of guanidine groups is 1. The van der Waals surface area contributed by atoms with Gasteiger partial charge in [-0.1, -0.05) is 13.8 Å². The summed E-state index contributed by atoms with van der Waals surface area (Å²) in [5, 5.41) is 6.70. The van der Waals surface area contributed by atoms with E-state index in [2.05, 4.69) is 29.5 Å². The summed E-state index contributed by atoms with van der Waals surface area (Å²) in [4.78, 5) is 4.49. The van der Waals surface area contributed by atoms with Gasteiger partial charge in [0.2, 0.25) is 0 Å². The Kier molecular flexibility index (Phi) is 4.76. The molecule has 1 aromatic rings. The fourth-order valence-electron chi connectivity index (χ4n) is 3.96. The van der Waals surface area contributed by atoms with Gasteiger partial charge in [0.1, 0.15) is 11.6 Å². The molecule has 1 aliphatic carbocycles. The van der Waals surface area contributed by atoms with Crippen LogP contribution in [0.2, 0.25) is 0 Å². The Morgan fingerprint density at radius 1 is 1.29 bits per heavy atom. The first-order chi connectivity index (χ1) is 11.4. The number of fused-ring (bicyclic) bond motifs is 1. The number of rotatable bonds is 4. The summed E-state index contributed by atoms with van der Waals surface area (Å²) in [5.41, 5.74) is 0.558. The second-order valence-corrected chi connectivity index (χ2v) is 7.16. The molecule has 2 N–H and O–H groups in total. The summed E-state index contributed by atoms with van der Waals surface area (Å²) in [6.45, 7) is 8.15. The van der Waals surface area contributed by atoms with Crippen LogP contribution >= 0.6 is 0 Å². The molecule has 0 spiro atoms. The number of aliphatic imine (C=N–C) groups is 1. The van der Waals surface area contributed by atoms with Crippen LogP contribution in [0.1, 0.15) is 32.8 Å². The van der Waals surface area contributed by atoms with Crippen molar-refractivity contribution in [2.45, 2.75) is 45.9 Å². The predicted molar refractivity (Wildman–Crippen MR) is 89.7 cm³/mol. The monoisotopic (exact) mass is 337 g/mol. The summed E-state index contributed by atoms with van der Waals surface area (Å²) in [6.07, 6.45) is 1.36. The molecule has 1 heterocycles. The van der Waals surface area contributed by atoms with E-state index in [1.54, 1.807) is 0 Å². The zero-order valence-electron chi connectivity index (χ0n) is 14.4. The largest absolute Gasteiger partial charge is 0.377 e. The molecule has 24 heavy (non-hydrogen) atoms. The van der Waals surface area contributed by atoms with Crippen LogP contribution in [0.25, 0.3) is 0 Å². The standard InChI is InChI=1S/C18H25F2N3O/c1-4-21-17(22-10-11-7-12(19)9-13(20)8-11)23-15-14-5-6-24-16(14)18(15,2)3/h7-9,14-16H,4-6,10H2,1-3H3,(H2,21,22,23). The molecule has 1 saturated heterocycles. The Balaban J connectivity index is 1.70. The third-order valence-electron chi connectivity index (χ3n) is 5.08. The molecule has 2 fully saturated rings. The van der Waals surface area contributed by atoms with Gasteiger partial charge in [-0.3, -0.25) is 0 Å². The van der Waals surface area contributed by atoms with Gasteiger partial charge in [-0.05, 0) is 31.0 Å². The molecule has 0 bridgehead atoms. The first-order valence-electron chi connectivity index (χ1n) is 8.53. The summed E-state index contributed by atoms with van der Waals surface area (Å²) >= 11 is 0. The highest BCUT2D eigenvalue weighted by Gasteiger charge is 2.59. The van der Waals surface area contributed by atoms with Crippen LogP contribution in [0.15, 0.2) is 23.2 Å². The van der Waals surface area contributed by atoms with Gasteiger partial charge in [-0.15, -0.1) is 0 Å². The molecule has 132 valence electrons. The fourth-order valence-corrected chi connectivity index (χ4v) is 3.96. The van der Waals surface area contributed by atoms with Gasteiger partial charge in [0.15, 0.2) is 5.96 Å². The number of nitrogens with one attached hydrogen (secondary N) is 2. The van der Waals surface area contributed by atoms with E-state index in [1.807, 2.05) is 6.92 Å². The number of ether oxygens (including phenoxy) is 1. The first-order valence-corrected chi connectivity index (χ1v) is 8.53. The minimum atomic E-state index is -0.579. The second-order valence-electron chi connectivity index (χ2n) is 7.16. The van der Waals surface area contributed by atoms with Crippen molar-refractivity contribution in [3.8, 4) is 0 Å². The number of nitrogens with zero attached hydrogens (tertiary/aromatic N) is 1. The van der Waals surface area contributed by atoms with Crippen molar-refractivity contribution >= 4 is 5.96 Å². The van der Waals surface area contributed by atoms with Gasteiger partial charge in [0.25, 0.3) is 0 Å². The van der Waals surface area contributed by atoms with Gasteiger partial charge in [-0.2, -0.15) is 0 Å². The van der Waals surface area contributed by atoms with Crippen molar-refractivity contribution in [1.82, 2.24) is 10.6 Å². The zero-order valence-corrected chi connectivity index (χ0v) is 14.4. The quantitative estimate of drug-likeness (QED) is 0.656. The van der Waals surface area contributed by atoms with Crippen molar-refractivity contribution in [2.24, 2.45) is 16.3 Å². The maximum absolute atomic E-state index is 13.3. The molecule has 0 radical (unpaired) electrons. The molecule has 1 saturated carbocycles. The summed E-state index contributed by atoms with van der Waals surface area (Å²) in [5.74, 6) is 0.00882. The van der Waals surface area contributed by atoms with Crippen molar-refractivity contribution in [3.05, 3.63) is 35.4 Å². The van der Waals surface area contributed by atoms with Crippen LogP contribution in [-0.2, 0) is 11.3 Å². The highest BCUT2D eigenvalue weighted by Crippen LogP contribution is 2.52. The minimum Gasteiger partial charge on any atom is -0.377 e. The lowest BCUT2D eigenvalue weighted by Crippen LogP contribution is -2.67. The van der Waals surface area contributed by atoms with Crippen LogP contribution in [0, 0.1) is 23.0 Å². The van der Waals surface area contributed by atoms with E-state index < -0.39 is 11.6 Å². The predicted octanol–water partition coefficient (Wildman–Crippen LogP) is 2.83. The van der Waals surface area contributed by atoms with Crippen molar-refractivity contribution in [2.75, 3.05) is 13.2 Å². The van der Waals surface area contributed by atoms with Crippen LogP contribution < -0.4 is 10.6 Å². The number of halogens is 2. The Bertz CT molecular complexity index is 612. The Labute approximate surface area is 141 Å². The van der Waals surface area contributed by atoms with E-state index in [0.29, 0.717) is 23.5 Å². The number of benzene rings is 1. The van der Waals surface area contributed by atoms with Gasteiger partial charge >= 0.3 is 0 Å². The lowest BCUT2D eigenvalue weighted by molar-refractivity contribution is -0.106. The minimum absolute atomic E-state index is 0.0440. The van der Waals surface area contributed by atoms with Crippen LogP contribution in [0.5, 0.6) is 0 Å². The average molecular weight is 337 g/mol. The van der Waals surface area contributed by atoms with Crippen molar-refractivity contribution < 1.29 is 13.5 Å². The maximum atomic E-state index is 13.3. The molecule has 1 aliphatic heterocycles. The summed E-state index contributed by atoms with van der Waals surface area (Å²) in [7, 11) is 0. The van der Waals surface area contributed by atoms with E-state index >= 15 is 0 Å². The smallest absolute Gasteiger partial charge is 0.191 e. The van der Waals surface area contributed by atoms with Crippen LogP contribution in [0.3, 0.4) is 0 Å². The van der Waals surface area contributed by atoms with E-state index in [0.717, 1.165) is 25.6 Å². The van der Waals surface area contributed by atoms with E-state index in [-0.39, 0.29) is 18.0 Å². The highest BCUT2D eigenvalue weighted by atomic mass is 19.1. The molecular weight excluding hydrogens is 312 g/mol. The molecule has 6 heteroatoms. The summed E-state index contributed by atoms with van der Waals surface area (Å²) < 4.78 is 32.4. The highest BCUT2D eigenvalue weighted by molar-refractivity contribution is 5.80. The normalized spacial score (nSPS) is 28.2. The Morgan fingerprint density at radius 2 is 2.00 bits per heavy atom. The van der Waals surface area contributed by atoms with Gasteiger partial charge in [-0.25, -0.2) is 13.8 Å². The molecule has 3 atom stereocenters. The fraction of sp³-hybridized carbons (Fsp3) is 0.611. The first kappa shape index (κ1) is 17.1. The number of hydrogen-bond acceptors (Lipinski definition) is 2. The lowest BCUT2D eigenvalue weighted by Gasteiger charge is -2.54. The average Bonchev–Trinajstić information content (AvgIpc) is 2.96. The molecule has 3 unspecified atom stereocenters. The molecule has 2 aliphatic rings. The van der Waals surface area contributed by atoms with Gasteiger partial charge in [0.05, 0.1) is 12.6 Å². The molecule has 0 amide bonds. The molecular formula is C18H25F2N3O. The lowest BCUT2D eigenvalue weighted by atomic mass is 9.57.